The first kappa shape index (κ1) is 18.9. The lowest BCUT2D eigenvalue weighted by Crippen LogP contribution is -2.38. The van der Waals surface area contributed by atoms with Gasteiger partial charge in [0.2, 0.25) is 5.91 Å². The standard InChI is InChI=1S/C24H26N4O2/c1-2-14-28-24(30)27-15-13-16(11-12-21(27)26-28)25-23(29)22-19-9-5-3-7-17(19)18-8-4-6-10-20(18)22/h3-10,16,22H,2,11-15H2,1H3,(H,25,29). The van der Waals surface area contributed by atoms with Gasteiger partial charge in [-0.3, -0.25) is 9.36 Å². The van der Waals surface area contributed by atoms with E-state index in [0.29, 0.717) is 19.5 Å². The third kappa shape index (κ3) is 3.07. The maximum atomic E-state index is 13.4. The van der Waals surface area contributed by atoms with Gasteiger partial charge in [-0.1, -0.05) is 55.5 Å². The Kier molecular flexibility index (Phi) is 4.77. The summed E-state index contributed by atoms with van der Waals surface area (Å²) in [6.07, 6.45) is 3.13. The second-order valence-electron chi connectivity index (χ2n) is 8.21. The Labute approximate surface area is 175 Å². The van der Waals surface area contributed by atoms with Gasteiger partial charge >= 0.3 is 5.69 Å². The quantitative estimate of drug-likeness (QED) is 0.729. The molecule has 0 fully saturated rings. The van der Waals surface area contributed by atoms with Crippen LogP contribution in [-0.2, 0) is 24.3 Å². The normalized spacial score (nSPS) is 17.7. The van der Waals surface area contributed by atoms with E-state index >= 15 is 0 Å². The Morgan fingerprint density at radius 1 is 1.07 bits per heavy atom. The molecule has 154 valence electrons. The van der Waals surface area contributed by atoms with Crippen molar-refractivity contribution in [1.29, 1.82) is 0 Å². The molecule has 1 unspecified atom stereocenters. The molecule has 2 aliphatic rings. The van der Waals surface area contributed by atoms with Crippen LogP contribution in [0.25, 0.3) is 11.1 Å². The molecule has 1 aliphatic heterocycles. The molecule has 5 rings (SSSR count). The molecule has 0 saturated heterocycles. The molecule has 0 bridgehead atoms. The van der Waals surface area contributed by atoms with Crippen LogP contribution in [-0.4, -0.2) is 26.3 Å². The van der Waals surface area contributed by atoms with Gasteiger partial charge in [-0.25, -0.2) is 9.48 Å². The van der Waals surface area contributed by atoms with Crippen LogP contribution in [0.1, 0.15) is 49.1 Å². The first-order valence-electron chi connectivity index (χ1n) is 10.8. The van der Waals surface area contributed by atoms with Crippen LogP contribution in [0.2, 0.25) is 0 Å². The number of nitrogens with one attached hydrogen (secondary N) is 1. The Morgan fingerprint density at radius 2 is 1.73 bits per heavy atom. The van der Waals surface area contributed by atoms with Crippen molar-refractivity contribution in [3.05, 3.63) is 76.0 Å². The van der Waals surface area contributed by atoms with Crippen LogP contribution in [0.5, 0.6) is 0 Å². The van der Waals surface area contributed by atoms with Crippen molar-refractivity contribution in [2.75, 3.05) is 0 Å². The van der Waals surface area contributed by atoms with Gasteiger partial charge < -0.3 is 5.32 Å². The minimum absolute atomic E-state index is 0.0301. The molecule has 0 spiro atoms. The first-order chi connectivity index (χ1) is 14.7. The number of hydrogen-bond donors (Lipinski definition) is 1. The summed E-state index contributed by atoms with van der Waals surface area (Å²) in [6, 6.07) is 16.4. The van der Waals surface area contributed by atoms with Crippen molar-refractivity contribution in [2.24, 2.45) is 0 Å². The maximum absolute atomic E-state index is 13.4. The molecular formula is C24H26N4O2. The summed E-state index contributed by atoms with van der Waals surface area (Å²) in [6.45, 7) is 3.29. The van der Waals surface area contributed by atoms with Gasteiger partial charge in [0.25, 0.3) is 0 Å². The van der Waals surface area contributed by atoms with Crippen molar-refractivity contribution in [3.8, 4) is 11.1 Å². The zero-order valence-corrected chi connectivity index (χ0v) is 17.2. The molecule has 1 aromatic heterocycles. The number of carbonyl (C=O) groups excluding carboxylic acids is 1. The van der Waals surface area contributed by atoms with E-state index in [0.717, 1.165) is 47.3 Å². The van der Waals surface area contributed by atoms with Gasteiger partial charge in [-0.05, 0) is 41.5 Å². The summed E-state index contributed by atoms with van der Waals surface area (Å²) in [5.74, 6) is 0.599. The van der Waals surface area contributed by atoms with Crippen LogP contribution in [0.3, 0.4) is 0 Å². The molecule has 1 atom stereocenters. The molecule has 2 aromatic carbocycles. The van der Waals surface area contributed by atoms with Crippen molar-refractivity contribution < 1.29 is 4.79 Å². The number of carbonyl (C=O) groups is 1. The van der Waals surface area contributed by atoms with Gasteiger partial charge in [-0.2, -0.15) is 5.10 Å². The molecule has 0 radical (unpaired) electrons. The Hall–Kier alpha value is -3.15. The number of aromatic nitrogens is 3. The lowest BCUT2D eigenvalue weighted by atomic mass is 9.95. The fourth-order valence-corrected chi connectivity index (χ4v) is 4.85. The molecule has 3 aromatic rings. The highest BCUT2D eigenvalue weighted by Gasteiger charge is 2.34. The largest absolute Gasteiger partial charge is 0.352 e. The Bertz CT molecular complexity index is 1110. The van der Waals surface area contributed by atoms with Gasteiger partial charge in [0.15, 0.2) is 0 Å². The number of nitrogens with zero attached hydrogens (tertiary/aromatic N) is 3. The molecular weight excluding hydrogens is 376 g/mol. The van der Waals surface area contributed by atoms with Crippen molar-refractivity contribution in [1.82, 2.24) is 19.7 Å². The van der Waals surface area contributed by atoms with Gasteiger partial charge in [0.1, 0.15) is 5.82 Å². The molecule has 2 heterocycles. The summed E-state index contributed by atoms with van der Waals surface area (Å²) in [4.78, 5) is 25.9. The zero-order valence-electron chi connectivity index (χ0n) is 17.2. The van der Waals surface area contributed by atoms with Crippen LogP contribution in [0, 0.1) is 0 Å². The third-order valence-electron chi connectivity index (χ3n) is 6.29. The number of aryl methyl sites for hydroxylation is 2. The number of fused-ring (bicyclic) bond motifs is 4. The summed E-state index contributed by atoms with van der Waals surface area (Å²) in [5, 5.41) is 7.78. The molecule has 6 nitrogen and oxygen atoms in total. The number of benzene rings is 2. The van der Waals surface area contributed by atoms with Crippen LogP contribution < -0.4 is 11.0 Å². The van der Waals surface area contributed by atoms with Crippen LogP contribution in [0.4, 0.5) is 0 Å². The smallest absolute Gasteiger partial charge is 0.345 e. The third-order valence-corrected chi connectivity index (χ3v) is 6.29. The van der Waals surface area contributed by atoms with Crippen molar-refractivity contribution >= 4 is 5.91 Å². The summed E-state index contributed by atoms with van der Waals surface area (Å²) in [7, 11) is 0. The lowest BCUT2D eigenvalue weighted by Gasteiger charge is -2.20. The van der Waals surface area contributed by atoms with E-state index in [1.165, 1.54) is 0 Å². The molecule has 6 heteroatoms. The number of rotatable bonds is 4. The van der Waals surface area contributed by atoms with Crippen LogP contribution in [0.15, 0.2) is 53.3 Å². The first-order valence-corrected chi connectivity index (χ1v) is 10.8. The van der Waals surface area contributed by atoms with E-state index in [4.69, 9.17) is 0 Å². The molecule has 0 saturated carbocycles. The Morgan fingerprint density at radius 3 is 2.40 bits per heavy atom. The number of amides is 1. The second-order valence-corrected chi connectivity index (χ2v) is 8.21. The highest BCUT2D eigenvalue weighted by Crippen LogP contribution is 2.44. The van der Waals surface area contributed by atoms with E-state index in [-0.39, 0.29) is 23.6 Å². The fourth-order valence-electron chi connectivity index (χ4n) is 4.85. The average molecular weight is 402 g/mol. The van der Waals surface area contributed by atoms with E-state index < -0.39 is 0 Å². The predicted octanol–water partition coefficient (Wildman–Crippen LogP) is 3.09. The highest BCUT2D eigenvalue weighted by molar-refractivity contribution is 5.96. The predicted molar refractivity (Wildman–Crippen MR) is 115 cm³/mol. The summed E-state index contributed by atoms with van der Waals surface area (Å²) >= 11 is 0. The van der Waals surface area contributed by atoms with E-state index in [1.807, 2.05) is 31.2 Å². The molecule has 30 heavy (non-hydrogen) atoms. The van der Waals surface area contributed by atoms with E-state index in [1.54, 1.807) is 9.25 Å². The van der Waals surface area contributed by atoms with E-state index in [2.05, 4.69) is 34.7 Å². The highest BCUT2D eigenvalue weighted by atomic mass is 16.2. The summed E-state index contributed by atoms with van der Waals surface area (Å²) in [5.41, 5.74) is 4.40. The fraction of sp³-hybridized carbons (Fsp3) is 0.375. The topological polar surface area (TPSA) is 68.9 Å². The minimum atomic E-state index is -0.278. The van der Waals surface area contributed by atoms with Gasteiger partial charge in [-0.15, -0.1) is 0 Å². The maximum Gasteiger partial charge on any atom is 0.345 e. The average Bonchev–Trinajstić information content (AvgIpc) is 3.17. The molecule has 1 amide bonds. The van der Waals surface area contributed by atoms with Gasteiger partial charge in [0, 0.05) is 25.6 Å². The zero-order chi connectivity index (χ0) is 20.7. The van der Waals surface area contributed by atoms with Crippen LogP contribution >= 0.6 is 0 Å². The van der Waals surface area contributed by atoms with Gasteiger partial charge in [0.05, 0.1) is 5.92 Å². The SMILES string of the molecule is CCCn1nc2n(c1=O)CCC(NC(=O)C1c3ccccc3-c3ccccc31)CC2. The number of hydrogen-bond acceptors (Lipinski definition) is 3. The molecule has 1 aliphatic carbocycles. The molecule has 1 N–H and O–H groups in total. The van der Waals surface area contributed by atoms with E-state index in [9.17, 15) is 9.59 Å². The second kappa shape index (κ2) is 7.59. The lowest BCUT2D eigenvalue weighted by molar-refractivity contribution is -0.122. The van der Waals surface area contributed by atoms with Crippen molar-refractivity contribution in [3.63, 3.8) is 0 Å². The summed E-state index contributed by atoms with van der Waals surface area (Å²) < 4.78 is 3.35. The monoisotopic (exact) mass is 402 g/mol. The Balaban J connectivity index is 1.35. The minimum Gasteiger partial charge on any atom is -0.352 e. The van der Waals surface area contributed by atoms with Crippen molar-refractivity contribution in [2.45, 2.75) is 57.7 Å².